The lowest BCUT2D eigenvalue weighted by Gasteiger charge is -2.09. The Kier molecular flexibility index (Phi) is 3.48. The number of rotatable bonds is 2. The molecule has 17 heavy (non-hydrogen) atoms. The van der Waals surface area contributed by atoms with E-state index in [1.807, 2.05) is 6.07 Å². The number of benzene rings is 1. The number of aromatic nitrogens is 1. The van der Waals surface area contributed by atoms with Crippen LogP contribution in [0.3, 0.4) is 0 Å². The number of nitrogens with zero attached hydrogens (tertiary/aromatic N) is 2. The van der Waals surface area contributed by atoms with Gasteiger partial charge in [0.15, 0.2) is 0 Å². The summed E-state index contributed by atoms with van der Waals surface area (Å²) in [6.45, 7) is 0. The zero-order valence-electron chi connectivity index (χ0n) is 8.61. The van der Waals surface area contributed by atoms with E-state index in [0.29, 0.717) is 27.1 Å². The molecule has 2 rings (SSSR count). The minimum atomic E-state index is 0.501. The number of hydrogen-bond acceptors (Lipinski definition) is 3. The Hall–Kier alpha value is -1.76. The second kappa shape index (κ2) is 5.05. The van der Waals surface area contributed by atoms with Gasteiger partial charge in [0, 0.05) is 6.20 Å². The molecular formula is C12H7Cl2N3. The lowest BCUT2D eigenvalue weighted by molar-refractivity contribution is 1.29. The average molecular weight is 264 g/mol. The maximum absolute atomic E-state index is 8.65. The van der Waals surface area contributed by atoms with Gasteiger partial charge in [0.25, 0.3) is 0 Å². The summed E-state index contributed by atoms with van der Waals surface area (Å²) >= 11 is 12.0. The van der Waals surface area contributed by atoms with Crippen LogP contribution in [0.1, 0.15) is 5.56 Å². The Bertz CT molecular complexity index is 553. The van der Waals surface area contributed by atoms with E-state index in [1.54, 1.807) is 30.3 Å². The topological polar surface area (TPSA) is 48.7 Å². The van der Waals surface area contributed by atoms with E-state index < -0.39 is 0 Å². The highest BCUT2D eigenvalue weighted by Gasteiger charge is 2.05. The molecule has 0 radical (unpaired) electrons. The van der Waals surface area contributed by atoms with Crippen LogP contribution in [-0.4, -0.2) is 4.98 Å². The third-order valence-corrected chi connectivity index (χ3v) is 2.74. The third kappa shape index (κ3) is 2.68. The number of anilines is 2. The number of nitriles is 1. The molecule has 1 heterocycles. The normalized spacial score (nSPS) is 9.71. The first kappa shape index (κ1) is 11.7. The van der Waals surface area contributed by atoms with Crippen molar-refractivity contribution in [3.63, 3.8) is 0 Å². The Balaban J connectivity index is 2.29. The zero-order valence-corrected chi connectivity index (χ0v) is 10.1. The van der Waals surface area contributed by atoms with Crippen LogP contribution in [0, 0.1) is 11.3 Å². The molecule has 0 atom stereocenters. The van der Waals surface area contributed by atoms with Crippen LogP contribution in [0.15, 0.2) is 36.5 Å². The van der Waals surface area contributed by atoms with E-state index in [-0.39, 0.29) is 0 Å². The van der Waals surface area contributed by atoms with E-state index in [9.17, 15) is 0 Å². The van der Waals surface area contributed by atoms with Crippen molar-refractivity contribution in [2.24, 2.45) is 0 Å². The summed E-state index contributed by atoms with van der Waals surface area (Å²) < 4.78 is 0. The van der Waals surface area contributed by atoms with Crippen LogP contribution in [0.2, 0.25) is 10.0 Å². The SMILES string of the molecule is N#Cc1ccc(Nc2c(Cl)cccc2Cl)nc1. The zero-order chi connectivity index (χ0) is 12.3. The minimum Gasteiger partial charge on any atom is -0.338 e. The molecule has 84 valence electrons. The van der Waals surface area contributed by atoms with Crippen molar-refractivity contribution in [3.05, 3.63) is 52.1 Å². The van der Waals surface area contributed by atoms with Crippen molar-refractivity contribution in [1.29, 1.82) is 5.26 Å². The Morgan fingerprint density at radius 3 is 2.35 bits per heavy atom. The fourth-order valence-corrected chi connectivity index (χ4v) is 1.77. The lowest BCUT2D eigenvalue weighted by Crippen LogP contribution is -1.95. The Morgan fingerprint density at radius 2 is 1.82 bits per heavy atom. The summed E-state index contributed by atoms with van der Waals surface area (Å²) in [4.78, 5) is 4.08. The summed E-state index contributed by atoms with van der Waals surface area (Å²) in [6, 6.07) is 10.6. The van der Waals surface area contributed by atoms with Crippen molar-refractivity contribution in [2.45, 2.75) is 0 Å². The van der Waals surface area contributed by atoms with Gasteiger partial charge in [-0.2, -0.15) is 5.26 Å². The van der Waals surface area contributed by atoms with Crippen LogP contribution >= 0.6 is 23.2 Å². The highest BCUT2D eigenvalue weighted by molar-refractivity contribution is 6.39. The van der Waals surface area contributed by atoms with Gasteiger partial charge in [-0.3, -0.25) is 0 Å². The van der Waals surface area contributed by atoms with E-state index >= 15 is 0 Å². The second-order valence-corrected chi connectivity index (χ2v) is 4.08. The predicted molar refractivity (Wildman–Crippen MR) is 68.7 cm³/mol. The number of para-hydroxylation sites is 1. The number of halogens is 2. The molecule has 1 aromatic heterocycles. The molecule has 0 aliphatic heterocycles. The number of hydrogen-bond donors (Lipinski definition) is 1. The second-order valence-electron chi connectivity index (χ2n) is 3.27. The number of pyridine rings is 1. The molecule has 0 spiro atoms. The first-order valence-corrected chi connectivity index (χ1v) is 5.53. The van der Waals surface area contributed by atoms with Crippen LogP contribution < -0.4 is 5.32 Å². The fraction of sp³-hybridized carbons (Fsp3) is 0. The quantitative estimate of drug-likeness (QED) is 0.891. The molecule has 0 aliphatic rings. The largest absolute Gasteiger partial charge is 0.338 e. The molecule has 2 aromatic rings. The number of nitrogens with one attached hydrogen (secondary N) is 1. The fourth-order valence-electron chi connectivity index (χ4n) is 1.28. The van der Waals surface area contributed by atoms with E-state index in [4.69, 9.17) is 28.5 Å². The molecule has 5 heteroatoms. The lowest BCUT2D eigenvalue weighted by atomic mass is 10.3. The molecule has 0 saturated heterocycles. The van der Waals surface area contributed by atoms with Gasteiger partial charge in [-0.05, 0) is 24.3 Å². The average Bonchev–Trinajstić information content (AvgIpc) is 2.35. The first-order valence-electron chi connectivity index (χ1n) is 4.78. The van der Waals surface area contributed by atoms with E-state index in [1.165, 1.54) is 6.20 Å². The highest BCUT2D eigenvalue weighted by atomic mass is 35.5. The van der Waals surface area contributed by atoms with E-state index in [0.717, 1.165) is 0 Å². The molecule has 1 aromatic carbocycles. The van der Waals surface area contributed by atoms with Crippen molar-refractivity contribution in [2.75, 3.05) is 5.32 Å². The van der Waals surface area contributed by atoms with Gasteiger partial charge >= 0.3 is 0 Å². The van der Waals surface area contributed by atoms with Crippen LogP contribution in [0.5, 0.6) is 0 Å². The third-order valence-electron chi connectivity index (χ3n) is 2.11. The summed E-state index contributed by atoms with van der Waals surface area (Å²) in [6.07, 6.45) is 1.48. The van der Waals surface area contributed by atoms with Crippen molar-refractivity contribution < 1.29 is 0 Å². The van der Waals surface area contributed by atoms with Gasteiger partial charge in [0.1, 0.15) is 11.9 Å². The van der Waals surface area contributed by atoms with Gasteiger partial charge in [-0.15, -0.1) is 0 Å². The molecule has 0 fully saturated rings. The maximum atomic E-state index is 8.65. The van der Waals surface area contributed by atoms with Gasteiger partial charge in [0.2, 0.25) is 0 Å². The van der Waals surface area contributed by atoms with Gasteiger partial charge in [-0.25, -0.2) is 4.98 Å². The van der Waals surface area contributed by atoms with Gasteiger partial charge in [-0.1, -0.05) is 29.3 Å². The summed E-state index contributed by atoms with van der Waals surface area (Å²) in [7, 11) is 0. The summed E-state index contributed by atoms with van der Waals surface area (Å²) in [5, 5.41) is 12.7. The molecule has 3 nitrogen and oxygen atoms in total. The molecule has 0 unspecified atom stereocenters. The van der Waals surface area contributed by atoms with E-state index in [2.05, 4.69) is 10.3 Å². The van der Waals surface area contributed by atoms with Gasteiger partial charge < -0.3 is 5.32 Å². The van der Waals surface area contributed by atoms with Crippen molar-refractivity contribution in [1.82, 2.24) is 4.98 Å². The van der Waals surface area contributed by atoms with Crippen molar-refractivity contribution in [3.8, 4) is 6.07 Å². The van der Waals surface area contributed by atoms with Crippen LogP contribution in [-0.2, 0) is 0 Å². The molecule has 0 bridgehead atoms. The van der Waals surface area contributed by atoms with Gasteiger partial charge in [0.05, 0.1) is 21.3 Å². The minimum absolute atomic E-state index is 0.501. The summed E-state index contributed by atoms with van der Waals surface area (Å²) in [5.41, 5.74) is 1.11. The maximum Gasteiger partial charge on any atom is 0.130 e. The van der Waals surface area contributed by atoms with Crippen LogP contribution in [0.4, 0.5) is 11.5 Å². The smallest absolute Gasteiger partial charge is 0.130 e. The standard InChI is InChI=1S/C12H7Cl2N3/c13-9-2-1-3-10(14)12(9)17-11-5-4-8(6-15)7-16-11/h1-5,7H,(H,16,17). The van der Waals surface area contributed by atoms with Crippen molar-refractivity contribution >= 4 is 34.7 Å². The molecule has 0 aliphatic carbocycles. The highest BCUT2D eigenvalue weighted by Crippen LogP contribution is 2.31. The molecular weight excluding hydrogens is 257 g/mol. The summed E-state index contributed by atoms with van der Waals surface area (Å²) in [5.74, 6) is 0.582. The first-order chi connectivity index (χ1) is 8.20. The molecule has 0 saturated carbocycles. The molecule has 0 amide bonds. The predicted octanol–water partition coefficient (Wildman–Crippen LogP) is 4.00. The molecule has 1 N–H and O–H groups in total. The van der Waals surface area contributed by atoms with Crippen LogP contribution in [0.25, 0.3) is 0 Å². The Labute approximate surface area is 109 Å². The monoisotopic (exact) mass is 263 g/mol. The Morgan fingerprint density at radius 1 is 1.12 bits per heavy atom.